The van der Waals surface area contributed by atoms with Gasteiger partial charge in [-0.3, -0.25) is 0 Å². The quantitative estimate of drug-likeness (QED) is 0.808. The van der Waals surface area contributed by atoms with E-state index in [9.17, 15) is 21.6 Å². The highest BCUT2D eigenvalue weighted by atomic mass is 32.2. The van der Waals surface area contributed by atoms with Gasteiger partial charge < -0.3 is 9.30 Å². The van der Waals surface area contributed by atoms with Gasteiger partial charge >= 0.3 is 6.36 Å². The largest absolute Gasteiger partial charge is 0.573 e. The molecule has 0 saturated heterocycles. The number of halogens is 3. The highest BCUT2D eigenvalue weighted by Crippen LogP contribution is 2.38. The van der Waals surface area contributed by atoms with Crippen molar-refractivity contribution in [3.8, 4) is 5.75 Å². The number of imidazole rings is 1. The number of alkyl halides is 3. The standard InChI is InChI=1S/C15H16F3N3O3S/c16-15(17,18)24-12-3-1-2-4-13(12)25(22,23)20-8-10-21-9-7-19-14(21)11-5-6-11/h1-4,7,9,11,20H,5-6,8,10H2. The Hall–Kier alpha value is -2.07. The lowest BCUT2D eigenvalue weighted by atomic mass is 10.3. The van der Waals surface area contributed by atoms with Gasteiger partial charge in [0, 0.05) is 31.4 Å². The lowest BCUT2D eigenvalue weighted by molar-refractivity contribution is -0.275. The van der Waals surface area contributed by atoms with Gasteiger partial charge in [-0.15, -0.1) is 13.2 Å². The van der Waals surface area contributed by atoms with Crippen LogP contribution in [0.5, 0.6) is 5.75 Å². The summed E-state index contributed by atoms with van der Waals surface area (Å²) in [5.41, 5.74) is 0. The van der Waals surface area contributed by atoms with E-state index < -0.39 is 27.0 Å². The van der Waals surface area contributed by atoms with Crippen molar-refractivity contribution in [3.05, 3.63) is 42.5 Å². The Balaban J connectivity index is 1.68. The molecule has 1 fully saturated rings. The van der Waals surface area contributed by atoms with Crippen LogP contribution in [0.2, 0.25) is 0 Å². The number of sulfonamides is 1. The molecule has 2 aromatic rings. The highest BCUT2D eigenvalue weighted by Gasteiger charge is 2.34. The van der Waals surface area contributed by atoms with Gasteiger partial charge in [0.15, 0.2) is 0 Å². The van der Waals surface area contributed by atoms with Crippen LogP contribution in [0.3, 0.4) is 0 Å². The van der Waals surface area contributed by atoms with E-state index >= 15 is 0 Å². The van der Waals surface area contributed by atoms with Crippen molar-refractivity contribution in [1.29, 1.82) is 0 Å². The molecule has 6 nitrogen and oxygen atoms in total. The minimum Gasteiger partial charge on any atom is -0.404 e. The smallest absolute Gasteiger partial charge is 0.404 e. The molecule has 1 aromatic heterocycles. The maximum atomic E-state index is 12.4. The van der Waals surface area contributed by atoms with Crippen LogP contribution in [0.4, 0.5) is 13.2 Å². The SMILES string of the molecule is O=S(=O)(NCCn1ccnc1C1CC1)c1ccccc1OC(F)(F)F. The Labute approximate surface area is 142 Å². The second-order valence-corrected chi connectivity index (χ2v) is 7.38. The molecule has 1 aliphatic rings. The van der Waals surface area contributed by atoms with Crippen molar-refractivity contribution in [3.63, 3.8) is 0 Å². The molecule has 0 aliphatic heterocycles. The molecular weight excluding hydrogens is 359 g/mol. The van der Waals surface area contributed by atoms with Crippen LogP contribution < -0.4 is 9.46 Å². The molecule has 0 atom stereocenters. The van der Waals surface area contributed by atoms with Crippen LogP contribution in [0.1, 0.15) is 24.6 Å². The number of para-hydroxylation sites is 1. The average Bonchev–Trinajstić information content (AvgIpc) is 3.25. The molecule has 25 heavy (non-hydrogen) atoms. The summed E-state index contributed by atoms with van der Waals surface area (Å²) in [7, 11) is -4.14. The zero-order chi connectivity index (χ0) is 18.1. The molecule has 1 heterocycles. The number of ether oxygens (including phenoxy) is 1. The first kappa shape index (κ1) is 17.7. The first-order valence-electron chi connectivity index (χ1n) is 7.62. The molecule has 3 rings (SSSR count). The van der Waals surface area contributed by atoms with E-state index in [1.807, 2.05) is 4.57 Å². The third-order valence-corrected chi connectivity index (χ3v) is 5.20. The molecule has 0 unspecified atom stereocenters. The van der Waals surface area contributed by atoms with Gasteiger partial charge in [0.2, 0.25) is 10.0 Å². The van der Waals surface area contributed by atoms with E-state index in [0.717, 1.165) is 30.8 Å². The van der Waals surface area contributed by atoms with E-state index in [1.54, 1.807) is 12.4 Å². The van der Waals surface area contributed by atoms with Crippen LogP contribution in [0.15, 0.2) is 41.6 Å². The number of hydrogen-bond donors (Lipinski definition) is 1. The van der Waals surface area contributed by atoms with Crippen LogP contribution in [0.25, 0.3) is 0 Å². The minimum atomic E-state index is -4.97. The predicted octanol–water partition coefficient (Wildman–Crippen LogP) is 2.64. The maximum absolute atomic E-state index is 12.4. The molecule has 0 bridgehead atoms. The Morgan fingerprint density at radius 3 is 2.68 bits per heavy atom. The minimum absolute atomic E-state index is 0.0266. The molecule has 136 valence electrons. The third-order valence-electron chi connectivity index (χ3n) is 3.70. The molecule has 0 radical (unpaired) electrons. The molecule has 0 amide bonds. The fraction of sp³-hybridized carbons (Fsp3) is 0.400. The Morgan fingerprint density at radius 2 is 2.00 bits per heavy atom. The fourth-order valence-corrected chi connectivity index (χ4v) is 3.62. The highest BCUT2D eigenvalue weighted by molar-refractivity contribution is 7.89. The van der Waals surface area contributed by atoms with Crippen LogP contribution in [0, 0.1) is 0 Å². The van der Waals surface area contributed by atoms with Crippen LogP contribution >= 0.6 is 0 Å². The van der Waals surface area contributed by atoms with Crippen molar-refractivity contribution >= 4 is 10.0 Å². The molecule has 1 aromatic carbocycles. The first-order valence-corrected chi connectivity index (χ1v) is 9.10. The molecule has 0 spiro atoms. The number of benzene rings is 1. The van der Waals surface area contributed by atoms with Crippen LogP contribution in [-0.4, -0.2) is 30.9 Å². The summed E-state index contributed by atoms with van der Waals surface area (Å²) in [4.78, 5) is 3.69. The van der Waals surface area contributed by atoms with Crippen molar-refractivity contribution in [2.75, 3.05) is 6.54 Å². The van der Waals surface area contributed by atoms with E-state index in [-0.39, 0.29) is 6.54 Å². The zero-order valence-electron chi connectivity index (χ0n) is 13.0. The monoisotopic (exact) mass is 375 g/mol. The molecule has 1 aliphatic carbocycles. The second-order valence-electron chi connectivity index (χ2n) is 5.65. The maximum Gasteiger partial charge on any atom is 0.573 e. The summed E-state index contributed by atoms with van der Waals surface area (Å²) < 4.78 is 69.9. The predicted molar refractivity (Wildman–Crippen MR) is 82.5 cm³/mol. The van der Waals surface area contributed by atoms with E-state index in [0.29, 0.717) is 12.5 Å². The first-order chi connectivity index (χ1) is 11.8. The number of rotatable bonds is 7. The van der Waals surface area contributed by atoms with Gasteiger partial charge in [0.05, 0.1) is 0 Å². The fourth-order valence-electron chi connectivity index (χ4n) is 2.47. The molecule has 10 heteroatoms. The van der Waals surface area contributed by atoms with Gasteiger partial charge in [-0.1, -0.05) is 12.1 Å². The molecule has 1 saturated carbocycles. The number of aromatic nitrogens is 2. The van der Waals surface area contributed by atoms with Gasteiger partial charge in [-0.05, 0) is 25.0 Å². The summed E-state index contributed by atoms with van der Waals surface area (Å²) in [5.74, 6) is 0.552. The summed E-state index contributed by atoms with van der Waals surface area (Å²) in [5, 5.41) is 0. The average molecular weight is 375 g/mol. The normalized spacial score (nSPS) is 15.3. The van der Waals surface area contributed by atoms with E-state index in [4.69, 9.17) is 0 Å². The number of hydrogen-bond acceptors (Lipinski definition) is 4. The van der Waals surface area contributed by atoms with Crippen molar-refractivity contribution in [2.45, 2.75) is 36.6 Å². The number of nitrogens with zero attached hydrogens (tertiary/aromatic N) is 2. The summed E-state index contributed by atoms with van der Waals surface area (Å²) in [6.07, 6.45) is 0.550. The molecule has 1 N–H and O–H groups in total. The van der Waals surface area contributed by atoms with E-state index in [2.05, 4.69) is 14.4 Å². The van der Waals surface area contributed by atoms with Crippen molar-refractivity contribution in [1.82, 2.24) is 14.3 Å². The van der Waals surface area contributed by atoms with Crippen LogP contribution in [-0.2, 0) is 16.6 Å². The summed E-state index contributed by atoms with van der Waals surface area (Å²) >= 11 is 0. The topological polar surface area (TPSA) is 73.2 Å². The Bertz CT molecular complexity index is 845. The van der Waals surface area contributed by atoms with Gasteiger partial charge in [-0.25, -0.2) is 18.1 Å². The van der Waals surface area contributed by atoms with Gasteiger partial charge in [0.1, 0.15) is 16.5 Å². The third kappa shape index (κ3) is 4.51. The summed E-state index contributed by atoms with van der Waals surface area (Å²) in [6, 6.07) is 4.63. The number of nitrogens with one attached hydrogen (secondary N) is 1. The van der Waals surface area contributed by atoms with Crippen molar-refractivity contribution in [2.24, 2.45) is 0 Å². The Morgan fingerprint density at radius 1 is 1.28 bits per heavy atom. The lowest BCUT2D eigenvalue weighted by Gasteiger charge is -2.14. The zero-order valence-corrected chi connectivity index (χ0v) is 13.8. The lowest BCUT2D eigenvalue weighted by Crippen LogP contribution is -2.29. The summed E-state index contributed by atoms with van der Waals surface area (Å²) in [6.45, 7) is 0.367. The Kier molecular flexibility index (Phi) is 4.74. The van der Waals surface area contributed by atoms with Gasteiger partial charge in [0.25, 0.3) is 0 Å². The molecular formula is C15H16F3N3O3S. The van der Waals surface area contributed by atoms with E-state index in [1.165, 1.54) is 12.1 Å². The second kappa shape index (κ2) is 6.68. The van der Waals surface area contributed by atoms with Crippen molar-refractivity contribution < 1.29 is 26.3 Å². The van der Waals surface area contributed by atoms with Gasteiger partial charge in [-0.2, -0.15) is 0 Å².